The third-order valence-corrected chi connectivity index (χ3v) is 3.44. The van der Waals surface area contributed by atoms with Crippen LogP contribution < -0.4 is 10.6 Å². The third-order valence-electron chi connectivity index (χ3n) is 3.44. The third kappa shape index (κ3) is 4.20. The first-order valence-corrected chi connectivity index (χ1v) is 7.19. The SMILES string of the molecule is CCN(CC)C(=O)c1cc(N(C)CC(C)CN)ccn1. The molecule has 0 fully saturated rings. The molecule has 0 saturated carbocycles. The minimum atomic E-state index is -0.0166. The maximum absolute atomic E-state index is 12.3. The molecule has 0 aliphatic carbocycles. The van der Waals surface area contributed by atoms with Crippen molar-refractivity contribution in [3.63, 3.8) is 0 Å². The molecular formula is C15H26N4O. The highest BCUT2D eigenvalue weighted by Crippen LogP contribution is 2.15. The molecule has 0 aromatic carbocycles. The van der Waals surface area contributed by atoms with E-state index in [1.54, 1.807) is 11.1 Å². The fraction of sp³-hybridized carbons (Fsp3) is 0.600. The molecule has 0 aliphatic rings. The number of aromatic nitrogens is 1. The Balaban J connectivity index is 2.87. The van der Waals surface area contributed by atoms with Crippen LogP contribution in [0.5, 0.6) is 0 Å². The molecule has 112 valence electrons. The minimum absolute atomic E-state index is 0.0166. The van der Waals surface area contributed by atoms with E-state index in [-0.39, 0.29) is 5.91 Å². The zero-order chi connectivity index (χ0) is 15.1. The van der Waals surface area contributed by atoms with Crippen LogP contribution in [-0.2, 0) is 0 Å². The first-order chi connectivity index (χ1) is 9.53. The van der Waals surface area contributed by atoms with E-state index in [0.29, 0.717) is 31.2 Å². The Kier molecular flexibility index (Phi) is 6.45. The lowest BCUT2D eigenvalue weighted by Gasteiger charge is -2.23. The molecular weight excluding hydrogens is 252 g/mol. The van der Waals surface area contributed by atoms with Gasteiger partial charge >= 0.3 is 0 Å². The van der Waals surface area contributed by atoms with Gasteiger partial charge in [0.05, 0.1) is 0 Å². The van der Waals surface area contributed by atoms with Gasteiger partial charge in [-0.2, -0.15) is 0 Å². The maximum Gasteiger partial charge on any atom is 0.272 e. The van der Waals surface area contributed by atoms with Crippen molar-refractivity contribution >= 4 is 11.6 Å². The first-order valence-electron chi connectivity index (χ1n) is 7.19. The van der Waals surface area contributed by atoms with Crippen LogP contribution in [-0.4, -0.2) is 49.0 Å². The maximum atomic E-state index is 12.3. The number of anilines is 1. The molecule has 5 heteroatoms. The van der Waals surface area contributed by atoms with Crippen molar-refractivity contribution < 1.29 is 4.79 Å². The molecule has 1 unspecified atom stereocenters. The molecule has 0 saturated heterocycles. The van der Waals surface area contributed by atoms with Crippen LogP contribution in [0.3, 0.4) is 0 Å². The van der Waals surface area contributed by atoms with E-state index in [1.807, 2.05) is 33.0 Å². The number of hydrogen-bond acceptors (Lipinski definition) is 4. The van der Waals surface area contributed by atoms with E-state index in [0.717, 1.165) is 12.2 Å². The highest BCUT2D eigenvalue weighted by molar-refractivity contribution is 5.93. The molecule has 0 radical (unpaired) electrons. The number of nitrogens with two attached hydrogens (primary N) is 1. The smallest absolute Gasteiger partial charge is 0.272 e. The Bertz CT molecular complexity index is 432. The van der Waals surface area contributed by atoms with Gasteiger partial charge in [0, 0.05) is 38.6 Å². The summed E-state index contributed by atoms with van der Waals surface area (Å²) in [4.78, 5) is 20.4. The number of carbonyl (C=O) groups is 1. The van der Waals surface area contributed by atoms with Gasteiger partial charge in [-0.3, -0.25) is 9.78 Å². The van der Waals surface area contributed by atoms with Crippen LogP contribution in [0.4, 0.5) is 5.69 Å². The molecule has 0 aliphatic heterocycles. The molecule has 1 aromatic heterocycles. The Morgan fingerprint density at radius 2 is 2.05 bits per heavy atom. The van der Waals surface area contributed by atoms with Gasteiger partial charge in [-0.25, -0.2) is 0 Å². The zero-order valence-corrected chi connectivity index (χ0v) is 13.0. The second kappa shape index (κ2) is 7.85. The van der Waals surface area contributed by atoms with E-state index in [2.05, 4.69) is 16.8 Å². The Labute approximate surface area is 121 Å². The van der Waals surface area contributed by atoms with E-state index < -0.39 is 0 Å². The number of hydrogen-bond donors (Lipinski definition) is 1. The summed E-state index contributed by atoms with van der Waals surface area (Å²) in [5, 5.41) is 0. The zero-order valence-electron chi connectivity index (χ0n) is 13.0. The predicted molar refractivity (Wildman–Crippen MR) is 83.0 cm³/mol. The summed E-state index contributed by atoms with van der Waals surface area (Å²) in [5.74, 6) is 0.396. The monoisotopic (exact) mass is 278 g/mol. The molecule has 5 nitrogen and oxygen atoms in total. The summed E-state index contributed by atoms with van der Waals surface area (Å²) >= 11 is 0. The highest BCUT2D eigenvalue weighted by Gasteiger charge is 2.15. The van der Waals surface area contributed by atoms with E-state index in [9.17, 15) is 4.79 Å². The quantitative estimate of drug-likeness (QED) is 0.823. The molecule has 1 heterocycles. The van der Waals surface area contributed by atoms with Crippen molar-refractivity contribution in [1.82, 2.24) is 9.88 Å². The first kappa shape index (κ1) is 16.4. The lowest BCUT2D eigenvalue weighted by atomic mass is 10.1. The van der Waals surface area contributed by atoms with Crippen molar-refractivity contribution in [2.24, 2.45) is 11.7 Å². The molecule has 1 amide bonds. The molecule has 1 atom stereocenters. The van der Waals surface area contributed by atoms with Gasteiger partial charge in [-0.1, -0.05) is 6.92 Å². The minimum Gasteiger partial charge on any atom is -0.374 e. The predicted octanol–water partition coefficient (Wildman–Crippen LogP) is 1.59. The van der Waals surface area contributed by atoms with E-state index in [4.69, 9.17) is 5.73 Å². The average molecular weight is 278 g/mol. The summed E-state index contributed by atoms with van der Waals surface area (Å²) in [6.45, 7) is 8.96. The fourth-order valence-electron chi connectivity index (χ4n) is 2.09. The van der Waals surface area contributed by atoms with Gasteiger partial charge in [-0.05, 0) is 38.4 Å². The van der Waals surface area contributed by atoms with E-state index >= 15 is 0 Å². The number of pyridine rings is 1. The van der Waals surface area contributed by atoms with Crippen LogP contribution in [0.1, 0.15) is 31.3 Å². The van der Waals surface area contributed by atoms with Crippen molar-refractivity contribution in [2.75, 3.05) is 38.1 Å². The van der Waals surface area contributed by atoms with Crippen LogP contribution >= 0.6 is 0 Å². The summed E-state index contributed by atoms with van der Waals surface area (Å²) in [5.41, 5.74) is 7.15. The number of amides is 1. The van der Waals surface area contributed by atoms with Crippen LogP contribution in [0.25, 0.3) is 0 Å². The summed E-state index contributed by atoms with van der Waals surface area (Å²) in [7, 11) is 2.01. The standard InChI is InChI=1S/C15H26N4O/c1-5-19(6-2)15(20)14-9-13(7-8-17-14)18(4)11-12(3)10-16/h7-9,12H,5-6,10-11,16H2,1-4H3. The normalized spacial score (nSPS) is 12.1. The van der Waals surface area contributed by atoms with Crippen molar-refractivity contribution in [3.8, 4) is 0 Å². The second-order valence-electron chi connectivity index (χ2n) is 5.10. The molecule has 20 heavy (non-hydrogen) atoms. The van der Waals surface area contributed by atoms with Gasteiger partial charge in [0.2, 0.25) is 0 Å². The fourth-order valence-corrected chi connectivity index (χ4v) is 2.09. The van der Waals surface area contributed by atoms with Gasteiger partial charge in [0.1, 0.15) is 5.69 Å². The van der Waals surface area contributed by atoms with Crippen LogP contribution in [0.15, 0.2) is 18.3 Å². The average Bonchev–Trinajstić information content (AvgIpc) is 2.48. The van der Waals surface area contributed by atoms with Gasteiger partial charge in [0.25, 0.3) is 5.91 Å². The van der Waals surface area contributed by atoms with Gasteiger partial charge in [0.15, 0.2) is 0 Å². The van der Waals surface area contributed by atoms with Gasteiger partial charge < -0.3 is 15.5 Å². The second-order valence-corrected chi connectivity index (χ2v) is 5.10. The molecule has 0 spiro atoms. The summed E-state index contributed by atoms with van der Waals surface area (Å²) in [6.07, 6.45) is 1.69. The summed E-state index contributed by atoms with van der Waals surface area (Å²) in [6, 6.07) is 3.77. The van der Waals surface area contributed by atoms with Crippen molar-refractivity contribution in [3.05, 3.63) is 24.0 Å². The van der Waals surface area contributed by atoms with Gasteiger partial charge in [-0.15, -0.1) is 0 Å². The summed E-state index contributed by atoms with van der Waals surface area (Å²) < 4.78 is 0. The molecule has 1 rings (SSSR count). The van der Waals surface area contributed by atoms with E-state index in [1.165, 1.54) is 0 Å². The highest BCUT2D eigenvalue weighted by atomic mass is 16.2. The lowest BCUT2D eigenvalue weighted by molar-refractivity contribution is 0.0767. The van der Waals surface area contributed by atoms with Crippen molar-refractivity contribution in [2.45, 2.75) is 20.8 Å². The number of carbonyl (C=O) groups excluding carboxylic acids is 1. The Hall–Kier alpha value is -1.62. The largest absolute Gasteiger partial charge is 0.374 e. The molecule has 2 N–H and O–H groups in total. The Morgan fingerprint density at radius 1 is 1.40 bits per heavy atom. The van der Waals surface area contributed by atoms with Crippen molar-refractivity contribution in [1.29, 1.82) is 0 Å². The van der Waals surface area contributed by atoms with Crippen LogP contribution in [0.2, 0.25) is 0 Å². The molecule has 0 bridgehead atoms. The number of rotatable bonds is 7. The molecule has 1 aromatic rings. The topological polar surface area (TPSA) is 62.5 Å². The lowest BCUT2D eigenvalue weighted by Crippen LogP contribution is -2.32. The Morgan fingerprint density at radius 3 is 2.60 bits per heavy atom. The number of nitrogens with zero attached hydrogens (tertiary/aromatic N) is 3. The van der Waals surface area contributed by atoms with Crippen LogP contribution in [0, 0.1) is 5.92 Å².